The first-order chi connectivity index (χ1) is 12.6. The highest BCUT2D eigenvalue weighted by atomic mass is 16.1. The number of anilines is 1. The monoisotopic (exact) mass is 351 g/mol. The van der Waals surface area contributed by atoms with Crippen molar-refractivity contribution in [1.82, 2.24) is 9.97 Å². The molecular weight excluding hydrogens is 326 g/mol. The lowest BCUT2D eigenvalue weighted by Gasteiger charge is -2.23. The molecule has 0 bridgehead atoms. The minimum Gasteiger partial charge on any atom is -0.356 e. The molecule has 0 spiro atoms. The van der Waals surface area contributed by atoms with Crippen molar-refractivity contribution in [3.63, 3.8) is 0 Å². The highest BCUT2D eigenvalue weighted by Crippen LogP contribution is 2.31. The third-order valence-corrected chi connectivity index (χ3v) is 4.79. The summed E-state index contributed by atoms with van der Waals surface area (Å²) in [5.74, 6) is 1.57. The summed E-state index contributed by atoms with van der Waals surface area (Å²) in [4.78, 5) is 34.4. The van der Waals surface area contributed by atoms with Gasteiger partial charge in [-0.05, 0) is 49.3 Å². The van der Waals surface area contributed by atoms with Crippen molar-refractivity contribution in [3.8, 4) is 0 Å². The van der Waals surface area contributed by atoms with E-state index in [9.17, 15) is 9.59 Å². The summed E-state index contributed by atoms with van der Waals surface area (Å²) in [5, 5.41) is 0. The van der Waals surface area contributed by atoms with Crippen LogP contribution in [-0.4, -0.2) is 35.1 Å². The van der Waals surface area contributed by atoms with E-state index in [0.717, 1.165) is 48.7 Å². The number of carbonyl (C=O) groups excluding carboxylic acids is 2. The number of Topliss-reactive ketones (excluding diaryl/α,β-unsaturated/α-hetero) is 1. The molecule has 0 N–H and O–H groups in total. The van der Waals surface area contributed by atoms with Gasteiger partial charge in [-0.3, -0.25) is 9.59 Å². The van der Waals surface area contributed by atoms with Gasteiger partial charge in [0, 0.05) is 31.1 Å². The Hall–Kier alpha value is -2.56. The van der Waals surface area contributed by atoms with Crippen molar-refractivity contribution in [2.24, 2.45) is 5.92 Å². The van der Waals surface area contributed by atoms with Gasteiger partial charge in [-0.25, -0.2) is 9.97 Å². The number of rotatable bonds is 9. The van der Waals surface area contributed by atoms with Gasteiger partial charge in [-0.2, -0.15) is 0 Å². The molecule has 0 amide bonds. The Morgan fingerprint density at radius 1 is 1.27 bits per heavy atom. The lowest BCUT2D eigenvalue weighted by molar-refractivity contribution is 0.0987. The van der Waals surface area contributed by atoms with Gasteiger partial charge in [0.1, 0.15) is 24.1 Å². The molecule has 0 atom stereocenters. The summed E-state index contributed by atoms with van der Waals surface area (Å²) in [6.45, 7) is 6.01. The topological polar surface area (TPSA) is 63.2 Å². The molecule has 0 unspecified atom stereocenters. The van der Waals surface area contributed by atoms with Crippen LogP contribution in [0.25, 0.3) is 0 Å². The molecule has 2 aromatic rings. The number of hydrogen-bond donors (Lipinski definition) is 0. The van der Waals surface area contributed by atoms with Crippen LogP contribution >= 0.6 is 0 Å². The minimum atomic E-state index is -0.0292. The Balaban J connectivity index is 1.75. The molecule has 5 heteroatoms. The lowest BCUT2D eigenvalue weighted by Crippen LogP contribution is -2.27. The fourth-order valence-corrected chi connectivity index (χ4v) is 3.11. The zero-order valence-electron chi connectivity index (χ0n) is 15.4. The van der Waals surface area contributed by atoms with Gasteiger partial charge in [0.25, 0.3) is 0 Å². The van der Waals surface area contributed by atoms with Crippen molar-refractivity contribution in [3.05, 3.63) is 53.0 Å². The van der Waals surface area contributed by atoms with E-state index in [1.807, 2.05) is 19.1 Å². The molecule has 1 heterocycles. The van der Waals surface area contributed by atoms with E-state index in [-0.39, 0.29) is 12.2 Å². The van der Waals surface area contributed by atoms with Crippen molar-refractivity contribution >= 4 is 17.9 Å². The maximum Gasteiger partial charge on any atom is 0.185 e. The zero-order valence-corrected chi connectivity index (χ0v) is 15.4. The molecule has 5 nitrogen and oxygen atoms in total. The third kappa shape index (κ3) is 4.54. The van der Waals surface area contributed by atoms with Crippen LogP contribution in [0.2, 0.25) is 0 Å². The minimum absolute atomic E-state index is 0.0292. The number of aromatic nitrogens is 2. The SMILES string of the molecule is CCCN(CC1CC1)c1cc(C(=O)Cc2ccc(C=O)cc2C)ncn1. The molecule has 0 radical (unpaired) electrons. The Morgan fingerprint density at radius 2 is 2.08 bits per heavy atom. The number of carbonyl (C=O) groups is 2. The number of ketones is 1. The van der Waals surface area contributed by atoms with E-state index in [2.05, 4.69) is 21.8 Å². The molecule has 136 valence electrons. The van der Waals surface area contributed by atoms with Crippen LogP contribution in [0.4, 0.5) is 5.82 Å². The average molecular weight is 351 g/mol. The number of benzene rings is 1. The van der Waals surface area contributed by atoms with Crippen LogP contribution < -0.4 is 4.90 Å². The molecule has 1 aromatic heterocycles. The predicted molar refractivity (Wildman–Crippen MR) is 102 cm³/mol. The fourth-order valence-electron chi connectivity index (χ4n) is 3.11. The molecule has 1 fully saturated rings. The zero-order chi connectivity index (χ0) is 18.5. The first-order valence-electron chi connectivity index (χ1n) is 9.25. The van der Waals surface area contributed by atoms with Gasteiger partial charge in [0.05, 0.1) is 0 Å². The highest BCUT2D eigenvalue weighted by molar-refractivity contribution is 5.96. The second-order valence-electron chi connectivity index (χ2n) is 7.05. The quantitative estimate of drug-likeness (QED) is 0.510. The summed E-state index contributed by atoms with van der Waals surface area (Å²) in [5.41, 5.74) is 2.94. The summed E-state index contributed by atoms with van der Waals surface area (Å²) in [6.07, 6.45) is 6.19. The predicted octanol–water partition coefficient (Wildman–Crippen LogP) is 3.65. The van der Waals surface area contributed by atoms with Crippen LogP contribution in [0.3, 0.4) is 0 Å². The maximum absolute atomic E-state index is 12.7. The third-order valence-electron chi connectivity index (χ3n) is 4.79. The molecule has 0 aliphatic heterocycles. The number of aryl methyl sites for hydroxylation is 1. The first kappa shape index (κ1) is 18.2. The van der Waals surface area contributed by atoms with E-state index in [1.165, 1.54) is 19.2 Å². The van der Waals surface area contributed by atoms with Crippen molar-refractivity contribution in [2.75, 3.05) is 18.0 Å². The van der Waals surface area contributed by atoms with E-state index in [4.69, 9.17) is 0 Å². The van der Waals surface area contributed by atoms with E-state index >= 15 is 0 Å². The van der Waals surface area contributed by atoms with Crippen LogP contribution in [0.5, 0.6) is 0 Å². The maximum atomic E-state index is 12.7. The molecule has 1 aliphatic carbocycles. The molecule has 1 aromatic carbocycles. The number of hydrogen-bond acceptors (Lipinski definition) is 5. The smallest absolute Gasteiger partial charge is 0.185 e. The summed E-state index contributed by atoms with van der Waals surface area (Å²) >= 11 is 0. The molecule has 1 saturated carbocycles. The van der Waals surface area contributed by atoms with Gasteiger partial charge in [0.15, 0.2) is 5.78 Å². The van der Waals surface area contributed by atoms with Gasteiger partial charge in [-0.1, -0.05) is 19.1 Å². The van der Waals surface area contributed by atoms with Crippen LogP contribution in [0.1, 0.15) is 58.2 Å². The lowest BCUT2D eigenvalue weighted by atomic mass is 10.00. The molecule has 26 heavy (non-hydrogen) atoms. The van der Waals surface area contributed by atoms with Crippen LogP contribution in [0, 0.1) is 12.8 Å². The molecular formula is C21H25N3O2. The van der Waals surface area contributed by atoms with E-state index < -0.39 is 0 Å². The van der Waals surface area contributed by atoms with Gasteiger partial charge < -0.3 is 4.90 Å². The molecule has 0 saturated heterocycles. The normalized spacial score (nSPS) is 13.5. The van der Waals surface area contributed by atoms with E-state index in [1.54, 1.807) is 12.1 Å². The van der Waals surface area contributed by atoms with Crippen LogP contribution in [0.15, 0.2) is 30.6 Å². The van der Waals surface area contributed by atoms with E-state index in [0.29, 0.717) is 11.3 Å². The molecule has 1 aliphatic rings. The Morgan fingerprint density at radius 3 is 2.73 bits per heavy atom. The number of nitrogens with zero attached hydrogens (tertiary/aromatic N) is 3. The summed E-state index contributed by atoms with van der Waals surface area (Å²) < 4.78 is 0. The summed E-state index contributed by atoms with van der Waals surface area (Å²) in [6, 6.07) is 7.21. The standard InChI is InChI=1S/C21H25N3O2/c1-3-8-24(12-16-4-5-16)21-11-19(22-14-23-21)20(26)10-18-7-6-17(13-25)9-15(18)2/h6-7,9,11,13-14,16H,3-5,8,10,12H2,1-2H3. The Kier molecular flexibility index (Phi) is 5.76. The van der Waals surface area contributed by atoms with Gasteiger partial charge in [-0.15, -0.1) is 0 Å². The summed E-state index contributed by atoms with van der Waals surface area (Å²) in [7, 11) is 0. The fraction of sp³-hybridized carbons (Fsp3) is 0.429. The molecule has 3 rings (SSSR count). The second kappa shape index (κ2) is 8.21. The van der Waals surface area contributed by atoms with Gasteiger partial charge in [0.2, 0.25) is 0 Å². The largest absolute Gasteiger partial charge is 0.356 e. The Labute approximate surface area is 154 Å². The van der Waals surface area contributed by atoms with Crippen molar-refractivity contribution in [2.45, 2.75) is 39.5 Å². The van der Waals surface area contributed by atoms with Crippen LogP contribution in [-0.2, 0) is 6.42 Å². The second-order valence-corrected chi connectivity index (χ2v) is 7.05. The highest BCUT2D eigenvalue weighted by Gasteiger charge is 2.25. The van der Waals surface area contributed by atoms with Crippen molar-refractivity contribution in [1.29, 1.82) is 0 Å². The van der Waals surface area contributed by atoms with Gasteiger partial charge >= 0.3 is 0 Å². The van der Waals surface area contributed by atoms with Crippen molar-refractivity contribution < 1.29 is 9.59 Å². The first-order valence-corrected chi connectivity index (χ1v) is 9.25. The number of aldehydes is 1. The average Bonchev–Trinajstić information content (AvgIpc) is 3.47. The Bertz CT molecular complexity index is 800.